The molecule has 5 nitrogen and oxygen atoms in total. The van der Waals surface area contributed by atoms with Gasteiger partial charge in [0.25, 0.3) is 0 Å². The Labute approximate surface area is 80.9 Å². The Hall–Kier alpha value is -2.04. The molecule has 0 aliphatic carbocycles. The Morgan fingerprint density at radius 2 is 2.00 bits per heavy atom. The Morgan fingerprint density at radius 1 is 1.36 bits per heavy atom. The Kier molecular flexibility index (Phi) is 5.53. The first kappa shape index (κ1) is 12.0. The van der Waals surface area contributed by atoms with Crippen molar-refractivity contribution in [2.24, 2.45) is 0 Å². The van der Waals surface area contributed by atoms with E-state index in [0.717, 1.165) is 12.5 Å². The zero-order valence-electron chi connectivity index (χ0n) is 7.43. The molecule has 0 fully saturated rings. The van der Waals surface area contributed by atoms with Crippen molar-refractivity contribution in [3.8, 4) is 0 Å². The number of carbonyl (C=O) groups is 2. The maximum absolute atomic E-state index is 10.5. The molecule has 0 aromatic heterocycles. The molecule has 0 unspecified atom stereocenters. The Morgan fingerprint density at radius 3 is 2.50 bits per heavy atom. The predicted molar refractivity (Wildman–Crippen MR) is 48.3 cm³/mol. The van der Waals surface area contributed by atoms with Crippen molar-refractivity contribution in [1.29, 1.82) is 0 Å². The first-order valence-electron chi connectivity index (χ1n) is 3.62. The SMILES string of the molecule is C=COC(=O)OC=CCC(=C)C(=O)O. The van der Waals surface area contributed by atoms with Gasteiger partial charge in [0.2, 0.25) is 0 Å². The highest BCUT2D eigenvalue weighted by Crippen LogP contribution is 1.99. The van der Waals surface area contributed by atoms with Gasteiger partial charge in [-0.15, -0.1) is 0 Å². The van der Waals surface area contributed by atoms with E-state index in [4.69, 9.17) is 5.11 Å². The van der Waals surface area contributed by atoms with Crippen LogP contribution in [0.15, 0.2) is 37.3 Å². The van der Waals surface area contributed by atoms with E-state index in [-0.39, 0.29) is 12.0 Å². The number of carboxylic acid groups (broad SMARTS) is 1. The maximum atomic E-state index is 10.5. The number of allylic oxidation sites excluding steroid dienone is 1. The van der Waals surface area contributed by atoms with Crippen molar-refractivity contribution in [3.05, 3.63) is 37.3 Å². The zero-order chi connectivity index (χ0) is 11.0. The first-order chi connectivity index (χ1) is 6.57. The topological polar surface area (TPSA) is 72.8 Å². The summed E-state index contributed by atoms with van der Waals surface area (Å²) in [7, 11) is 0. The van der Waals surface area contributed by atoms with Gasteiger partial charge in [0, 0.05) is 12.0 Å². The van der Waals surface area contributed by atoms with E-state index in [1.54, 1.807) is 0 Å². The number of hydrogen-bond donors (Lipinski definition) is 1. The van der Waals surface area contributed by atoms with Crippen molar-refractivity contribution in [3.63, 3.8) is 0 Å². The Balaban J connectivity index is 3.74. The van der Waals surface area contributed by atoms with Gasteiger partial charge in [-0.25, -0.2) is 9.59 Å². The molecule has 14 heavy (non-hydrogen) atoms. The van der Waals surface area contributed by atoms with Crippen molar-refractivity contribution in [2.75, 3.05) is 0 Å². The van der Waals surface area contributed by atoms with Crippen LogP contribution in [0.3, 0.4) is 0 Å². The quantitative estimate of drug-likeness (QED) is 0.414. The average molecular weight is 198 g/mol. The molecule has 0 radical (unpaired) electrons. The summed E-state index contributed by atoms with van der Waals surface area (Å²) in [6.45, 7) is 6.41. The summed E-state index contributed by atoms with van der Waals surface area (Å²) in [6, 6.07) is 0. The molecule has 0 bridgehead atoms. The van der Waals surface area contributed by atoms with Crippen LogP contribution in [0.1, 0.15) is 6.42 Å². The minimum atomic E-state index is -1.09. The van der Waals surface area contributed by atoms with Gasteiger partial charge < -0.3 is 14.6 Å². The smallest absolute Gasteiger partial charge is 0.478 e. The molecule has 1 N–H and O–H groups in total. The van der Waals surface area contributed by atoms with E-state index < -0.39 is 12.1 Å². The number of carbonyl (C=O) groups excluding carboxylic acids is 1. The molecule has 0 aliphatic heterocycles. The number of carboxylic acids is 1. The average Bonchev–Trinajstić information content (AvgIpc) is 2.12. The third-order valence-corrected chi connectivity index (χ3v) is 1.11. The van der Waals surface area contributed by atoms with Crippen LogP contribution in [-0.2, 0) is 14.3 Å². The lowest BCUT2D eigenvalue weighted by molar-refractivity contribution is -0.132. The van der Waals surface area contributed by atoms with E-state index in [2.05, 4.69) is 22.6 Å². The van der Waals surface area contributed by atoms with Crippen LogP contribution in [0, 0.1) is 0 Å². The molecule has 0 saturated heterocycles. The minimum absolute atomic E-state index is 0.00179. The number of ether oxygens (including phenoxy) is 2. The van der Waals surface area contributed by atoms with Crippen LogP contribution >= 0.6 is 0 Å². The van der Waals surface area contributed by atoms with Crippen molar-refractivity contribution in [1.82, 2.24) is 0 Å². The number of aliphatic carboxylic acids is 1. The van der Waals surface area contributed by atoms with E-state index in [0.29, 0.717) is 0 Å². The lowest BCUT2D eigenvalue weighted by atomic mass is 10.2. The standard InChI is InChI=1S/C9H10O5/c1-3-13-9(12)14-6-4-5-7(2)8(10)11/h3-4,6H,1-2,5H2,(H,10,11). The maximum Gasteiger partial charge on any atom is 0.518 e. The molecular weight excluding hydrogens is 188 g/mol. The van der Waals surface area contributed by atoms with Crippen LogP contribution in [0.2, 0.25) is 0 Å². The van der Waals surface area contributed by atoms with Crippen LogP contribution in [-0.4, -0.2) is 17.2 Å². The van der Waals surface area contributed by atoms with Gasteiger partial charge in [-0.2, -0.15) is 0 Å². The molecule has 0 rings (SSSR count). The zero-order valence-corrected chi connectivity index (χ0v) is 7.43. The van der Waals surface area contributed by atoms with Crippen LogP contribution < -0.4 is 0 Å². The normalized spacial score (nSPS) is 9.43. The molecule has 0 saturated carbocycles. The van der Waals surface area contributed by atoms with Crippen molar-refractivity contribution < 1.29 is 24.2 Å². The summed E-state index contributed by atoms with van der Waals surface area (Å²) < 4.78 is 8.57. The second kappa shape index (κ2) is 6.47. The van der Waals surface area contributed by atoms with Crippen molar-refractivity contribution in [2.45, 2.75) is 6.42 Å². The molecule has 0 atom stereocenters. The molecular formula is C9H10O5. The second-order valence-corrected chi connectivity index (χ2v) is 2.14. The lowest BCUT2D eigenvalue weighted by Gasteiger charge is -1.95. The predicted octanol–water partition coefficient (Wildman–Crippen LogP) is 1.83. The monoisotopic (exact) mass is 198 g/mol. The van der Waals surface area contributed by atoms with Gasteiger partial charge >= 0.3 is 12.1 Å². The van der Waals surface area contributed by atoms with E-state index in [9.17, 15) is 9.59 Å². The molecule has 0 amide bonds. The lowest BCUT2D eigenvalue weighted by Crippen LogP contribution is -1.99. The molecule has 0 aliphatic rings. The highest BCUT2D eigenvalue weighted by atomic mass is 16.7. The van der Waals surface area contributed by atoms with Gasteiger partial charge in [0.1, 0.15) is 0 Å². The third-order valence-electron chi connectivity index (χ3n) is 1.11. The molecule has 0 heterocycles. The molecule has 5 heteroatoms. The first-order valence-corrected chi connectivity index (χ1v) is 3.62. The van der Waals surface area contributed by atoms with Gasteiger partial charge in [0.05, 0.1) is 12.5 Å². The third kappa shape index (κ3) is 5.59. The summed E-state index contributed by atoms with van der Waals surface area (Å²) in [6.07, 6.45) is 2.45. The fraction of sp³-hybridized carbons (Fsp3) is 0.111. The summed E-state index contributed by atoms with van der Waals surface area (Å²) in [5.41, 5.74) is 0.00179. The fourth-order valence-corrected chi connectivity index (χ4v) is 0.477. The van der Waals surface area contributed by atoms with Crippen LogP contribution in [0.4, 0.5) is 4.79 Å². The molecule has 0 aromatic rings. The summed E-state index contributed by atoms with van der Waals surface area (Å²) in [5.74, 6) is -1.09. The number of hydrogen-bond acceptors (Lipinski definition) is 4. The largest absolute Gasteiger partial charge is 0.518 e. The fourth-order valence-electron chi connectivity index (χ4n) is 0.477. The molecule has 76 valence electrons. The summed E-state index contributed by atoms with van der Waals surface area (Å²) >= 11 is 0. The Bertz CT molecular complexity index is 277. The van der Waals surface area contributed by atoms with Gasteiger partial charge in [-0.3, -0.25) is 0 Å². The van der Waals surface area contributed by atoms with Gasteiger partial charge in [-0.1, -0.05) is 13.2 Å². The molecule has 0 spiro atoms. The van der Waals surface area contributed by atoms with E-state index in [1.165, 1.54) is 6.08 Å². The second-order valence-electron chi connectivity index (χ2n) is 2.14. The highest BCUT2D eigenvalue weighted by molar-refractivity contribution is 5.86. The summed E-state index contributed by atoms with van der Waals surface area (Å²) in [5, 5.41) is 8.40. The van der Waals surface area contributed by atoms with Gasteiger partial charge in [-0.05, 0) is 6.08 Å². The molecule has 0 aromatic carbocycles. The van der Waals surface area contributed by atoms with Crippen molar-refractivity contribution >= 4 is 12.1 Å². The minimum Gasteiger partial charge on any atom is -0.478 e. The van der Waals surface area contributed by atoms with E-state index >= 15 is 0 Å². The van der Waals surface area contributed by atoms with E-state index in [1.807, 2.05) is 0 Å². The number of rotatable bonds is 5. The summed E-state index contributed by atoms with van der Waals surface area (Å²) in [4.78, 5) is 20.8. The van der Waals surface area contributed by atoms with Gasteiger partial charge in [0.15, 0.2) is 0 Å². The highest BCUT2D eigenvalue weighted by Gasteiger charge is 2.00. The van der Waals surface area contributed by atoms with Crippen LogP contribution in [0.25, 0.3) is 0 Å². The van der Waals surface area contributed by atoms with Crippen LogP contribution in [0.5, 0.6) is 0 Å².